The Morgan fingerprint density at radius 1 is 1.05 bits per heavy atom. The Hall–Kier alpha value is -3.43. The summed E-state index contributed by atoms with van der Waals surface area (Å²) in [5, 5.41) is 6.75. The Kier molecular flexibility index (Phi) is 9.51. The average molecular weight is 528 g/mol. The lowest BCUT2D eigenvalue weighted by molar-refractivity contribution is 0.0535. The number of hydrogen-bond acceptors (Lipinski definition) is 7. The molecule has 0 unspecified atom stereocenters. The zero-order valence-electron chi connectivity index (χ0n) is 23.7. The SMILES string of the molecule is CCCCCCc1ccc(-c2noc([C@@H]3CCN3C(=NC(=O)OC(C)(C)C)NC(=O)OC(C)(C)C)n2)cc1. The van der Waals surface area contributed by atoms with Gasteiger partial charge in [-0.1, -0.05) is 55.6 Å². The normalized spacial score (nSPS) is 16.1. The van der Waals surface area contributed by atoms with Gasteiger partial charge in [0.1, 0.15) is 17.2 Å². The second-order valence-electron chi connectivity index (χ2n) is 11.5. The molecule has 1 atom stereocenters. The third kappa shape index (κ3) is 8.85. The maximum absolute atomic E-state index is 12.5. The molecule has 10 heteroatoms. The first-order valence-corrected chi connectivity index (χ1v) is 13.4. The lowest BCUT2D eigenvalue weighted by Crippen LogP contribution is -2.53. The largest absolute Gasteiger partial charge is 0.444 e. The van der Waals surface area contributed by atoms with E-state index in [2.05, 4.69) is 39.5 Å². The van der Waals surface area contributed by atoms with Crippen LogP contribution < -0.4 is 5.32 Å². The number of benzene rings is 1. The summed E-state index contributed by atoms with van der Waals surface area (Å²) >= 11 is 0. The third-order valence-corrected chi connectivity index (χ3v) is 5.75. The van der Waals surface area contributed by atoms with E-state index in [9.17, 15) is 9.59 Å². The van der Waals surface area contributed by atoms with Crippen molar-refractivity contribution in [2.75, 3.05) is 6.54 Å². The van der Waals surface area contributed by atoms with Gasteiger partial charge in [-0.05, 0) is 66.4 Å². The van der Waals surface area contributed by atoms with Gasteiger partial charge in [-0.25, -0.2) is 9.59 Å². The summed E-state index contributed by atoms with van der Waals surface area (Å²) in [6, 6.07) is 7.85. The minimum Gasteiger partial charge on any atom is -0.444 e. The van der Waals surface area contributed by atoms with Gasteiger partial charge in [0, 0.05) is 12.1 Å². The molecule has 38 heavy (non-hydrogen) atoms. The molecule has 1 aromatic heterocycles. The van der Waals surface area contributed by atoms with Crippen molar-refractivity contribution in [1.82, 2.24) is 20.4 Å². The first-order chi connectivity index (χ1) is 17.8. The van der Waals surface area contributed by atoms with Crippen LogP contribution in [0.1, 0.15) is 98.1 Å². The highest BCUT2D eigenvalue weighted by atomic mass is 16.6. The molecular weight excluding hydrogens is 486 g/mol. The highest BCUT2D eigenvalue weighted by Crippen LogP contribution is 2.33. The summed E-state index contributed by atoms with van der Waals surface area (Å²) < 4.78 is 16.3. The summed E-state index contributed by atoms with van der Waals surface area (Å²) in [4.78, 5) is 35.3. The third-order valence-electron chi connectivity index (χ3n) is 5.75. The highest BCUT2D eigenvalue weighted by Gasteiger charge is 2.38. The molecule has 2 amide bonds. The molecule has 1 fully saturated rings. The minimum absolute atomic E-state index is 0.0110. The number of nitrogens with zero attached hydrogens (tertiary/aromatic N) is 4. The summed E-state index contributed by atoms with van der Waals surface area (Å²) in [5.74, 6) is 0.866. The molecule has 0 bridgehead atoms. The van der Waals surface area contributed by atoms with E-state index in [4.69, 9.17) is 14.0 Å². The van der Waals surface area contributed by atoms with Crippen molar-refractivity contribution in [2.24, 2.45) is 4.99 Å². The van der Waals surface area contributed by atoms with Gasteiger partial charge in [0.15, 0.2) is 0 Å². The smallest absolute Gasteiger partial charge is 0.437 e. The number of amides is 2. The van der Waals surface area contributed by atoms with Crippen LogP contribution in [-0.4, -0.2) is 50.9 Å². The first-order valence-electron chi connectivity index (χ1n) is 13.4. The Labute approximate surface area is 225 Å². The fourth-order valence-electron chi connectivity index (χ4n) is 3.89. The van der Waals surface area contributed by atoms with E-state index in [-0.39, 0.29) is 12.0 Å². The fraction of sp³-hybridized carbons (Fsp3) is 0.607. The average Bonchev–Trinajstić information content (AvgIpc) is 3.23. The predicted octanol–water partition coefficient (Wildman–Crippen LogP) is 6.42. The van der Waals surface area contributed by atoms with Crippen LogP contribution in [0.4, 0.5) is 9.59 Å². The monoisotopic (exact) mass is 527 g/mol. The number of hydrogen-bond donors (Lipinski definition) is 1. The zero-order chi connectivity index (χ0) is 27.9. The van der Waals surface area contributed by atoms with Gasteiger partial charge in [0.25, 0.3) is 0 Å². The van der Waals surface area contributed by atoms with Gasteiger partial charge in [-0.2, -0.15) is 4.98 Å². The number of carbonyl (C=O) groups excluding carboxylic acids is 2. The van der Waals surface area contributed by atoms with Crippen LogP contribution in [0, 0.1) is 0 Å². The van der Waals surface area contributed by atoms with Crippen molar-refractivity contribution < 1.29 is 23.6 Å². The second-order valence-corrected chi connectivity index (χ2v) is 11.5. The van der Waals surface area contributed by atoms with E-state index >= 15 is 0 Å². The number of ether oxygens (including phenoxy) is 2. The van der Waals surface area contributed by atoms with Crippen LogP contribution in [0.2, 0.25) is 0 Å². The Morgan fingerprint density at radius 2 is 1.74 bits per heavy atom. The van der Waals surface area contributed by atoms with Gasteiger partial charge in [-0.15, -0.1) is 4.99 Å². The standard InChI is InChI=1S/C28H41N5O5/c1-8-9-10-11-12-19-13-15-20(16-14-19)22-29-23(38-32-22)21-17-18-33(21)24(30-25(34)36-27(2,3)4)31-26(35)37-28(5,6)7/h13-16,21H,8-12,17-18H2,1-7H3,(H,30,31,34,35)/t21-/m0/s1. The highest BCUT2D eigenvalue weighted by molar-refractivity contribution is 5.99. The van der Waals surface area contributed by atoms with E-state index in [1.54, 1.807) is 46.4 Å². The van der Waals surface area contributed by atoms with E-state index in [0.29, 0.717) is 24.7 Å². The molecule has 0 radical (unpaired) electrons. The number of guanidine groups is 1. The van der Waals surface area contributed by atoms with E-state index in [1.165, 1.54) is 31.2 Å². The van der Waals surface area contributed by atoms with Crippen LogP contribution in [0.25, 0.3) is 11.4 Å². The van der Waals surface area contributed by atoms with Gasteiger partial charge in [0.05, 0.1) is 0 Å². The molecule has 1 saturated heterocycles. The lowest BCUT2D eigenvalue weighted by atomic mass is 10.0. The van der Waals surface area contributed by atoms with Crippen molar-refractivity contribution >= 4 is 18.1 Å². The van der Waals surface area contributed by atoms with E-state index in [0.717, 1.165) is 12.0 Å². The Balaban J connectivity index is 1.73. The van der Waals surface area contributed by atoms with E-state index in [1.807, 2.05) is 12.1 Å². The molecule has 2 aromatic rings. The molecule has 0 aliphatic carbocycles. The topological polar surface area (TPSA) is 119 Å². The molecule has 0 spiro atoms. The van der Waals surface area contributed by atoms with Gasteiger partial charge in [0.2, 0.25) is 17.7 Å². The first kappa shape index (κ1) is 29.1. The number of rotatable bonds is 7. The number of likely N-dealkylation sites (tertiary alicyclic amines) is 1. The summed E-state index contributed by atoms with van der Waals surface area (Å²) in [5.41, 5.74) is 0.688. The molecule has 1 aliphatic rings. The van der Waals surface area contributed by atoms with Gasteiger partial charge in [-0.3, -0.25) is 5.32 Å². The Morgan fingerprint density at radius 3 is 2.32 bits per heavy atom. The minimum atomic E-state index is -0.824. The van der Waals surface area contributed by atoms with Gasteiger partial charge < -0.3 is 18.9 Å². The van der Waals surface area contributed by atoms with Crippen molar-refractivity contribution in [1.29, 1.82) is 0 Å². The molecule has 208 valence electrons. The quantitative estimate of drug-likeness (QED) is 0.249. The number of aromatic nitrogens is 2. The molecule has 1 aromatic carbocycles. The van der Waals surface area contributed by atoms with Crippen molar-refractivity contribution in [3.63, 3.8) is 0 Å². The van der Waals surface area contributed by atoms with Gasteiger partial charge >= 0.3 is 12.2 Å². The maximum Gasteiger partial charge on any atom is 0.437 e. The van der Waals surface area contributed by atoms with Crippen LogP contribution in [0.3, 0.4) is 0 Å². The van der Waals surface area contributed by atoms with Crippen LogP contribution in [0.5, 0.6) is 0 Å². The number of nitrogens with one attached hydrogen (secondary N) is 1. The number of aryl methyl sites for hydroxylation is 1. The maximum atomic E-state index is 12.5. The summed E-state index contributed by atoms with van der Waals surface area (Å²) in [6.45, 7) is 13.2. The van der Waals surface area contributed by atoms with Crippen molar-refractivity contribution in [3.05, 3.63) is 35.7 Å². The molecule has 1 N–H and O–H groups in total. The number of aliphatic imine (C=N–C) groups is 1. The molecule has 3 rings (SSSR count). The summed E-state index contributed by atoms with van der Waals surface area (Å²) in [6.07, 6.45) is 5.10. The van der Waals surface area contributed by atoms with Crippen LogP contribution in [-0.2, 0) is 15.9 Å². The number of unbranched alkanes of at least 4 members (excludes halogenated alkanes) is 3. The Bertz CT molecular complexity index is 1110. The molecule has 1 aliphatic heterocycles. The van der Waals surface area contributed by atoms with Crippen molar-refractivity contribution in [2.45, 2.75) is 104 Å². The van der Waals surface area contributed by atoms with Crippen LogP contribution >= 0.6 is 0 Å². The zero-order valence-corrected chi connectivity index (χ0v) is 23.7. The van der Waals surface area contributed by atoms with Crippen LogP contribution in [0.15, 0.2) is 33.8 Å². The number of alkyl carbamates (subject to hydrolysis) is 1. The fourth-order valence-corrected chi connectivity index (χ4v) is 3.89. The number of carbonyl (C=O) groups is 2. The molecule has 2 heterocycles. The molecule has 0 saturated carbocycles. The summed E-state index contributed by atoms with van der Waals surface area (Å²) in [7, 11) is 0. The predicted molar refractivity (Wildman–Crippen MR) is 145 cm³/mol. The lowest BCUT2D eigenvalue weighted by Gasteiger charge is -2.40. The molecule has 10 nitrogen and oxygen atoms in total. The van der Waals surface area contributed by atoms with Crippen molar-refractivity contribution in [3.8, 4) is 11.4 Å². The second kappa shape index (κ2) is 12.4. The van der Waals surface area contributed by atoms with E-state index < -0.39 is 23.4 Å². The molecular formula is C28H41N5O5.